The van der Waals surface area contributed by atoms with Gasteiger partial charge in [0, 0.05) is 25.6 Å². The van der Waals surface area contributed by atoms with Gasteiger partial charge in [-0.15, -0.1) is 0 Å². The Bertz CT molecular complexity index is 474. The zero-order chi connectivity index (χ0) is 18.4. The van der Waals surface area contributed by atoms with Crippen LogP contribution in [0.15, 0.2) is 11.6 Å². The molecule has 4 heteroatoms. The summed E-state index contributed by atoms with van der Waals surface area (Å²) in [5.74, 6) is 1.06. The van der Waals surface area contributed by atoms with Crippen LogP contribution in [0.3, 0.4) is 0 Å². The van der Waals surface area contributed by atoms with E-state index in [0.29, 0.717) is 18.2 Å². The van der Waals surface area contributed by atoms with Crippen LogP contribution in [-0.2, 0) is 4.79 Å². The molecule has 0 aromatic carbocycles. The molecule has 4 nitrogen and oxygen atoms in total. The van der Waals surface area contributed by atoms with Crippen molar-refractivity contribution in [2.45, 2.75) is 70.8 Å². The van der Waals surface area contributed by atoms with Crippen molar-refractivity contribution in [3.8, 4) is 0 Å². The van der Waals surface area contributed by atoms with Crippen molar-refractivity contribution in [3.63, 3.8) is 0 Å². The molecule has 0 radical (unpaired) electrons. The van der Waals surface area contributed by atoms with Crippen LogP contribution in [0.5, 0.6) is 0 Å². The van der Waals surface area contributed by atoms with E-state index in [0.717, 1.165) is 25.6 Å². The maximum Gasteiger partial charge on any atom is 0.226 e. The predicted molar refractivity (Wildman–Crippen MR) is 108 cm³/mol. The minimum Gasteiger partial charge on any atom is -0.342 e. The Labute approximate surface area is 160 Å². The average molecular weight is 362 g/mol. The number of nitrogens with zero attached hydrogens (tertiary/aromatic N) is 3. The molecule has 0 aromatic heterocycles. The van der Waals surface area contributed by atoms with E-state index in [1.54, 1.807) is 0 Å². The van der Waals surface area contributed by atoms with Gasteiger partial charge < -0.3 is 14.7 Å². The second-order valence-corrected chi connectivity index (χ2v) is 8.73. The lowest BCUT2D eigenvalue weighted by Crippen LogP contribution is -2.48. The van der Waals surface area contributed by atoms with Gasteiger partial charge in [0.15, 0.2) is 0 Å². The van der Waals surface area contributed by atoms with Gasteiger partial charge in [-0.2, -0.15) is 0 Å². The van der Waals surface area contributed by atoms with Crippen LogP contribution in [0.25, 0.3) is 0 Å². The molecule has 3 rings (SSSR count). The first-order valence-corrected chi connectivity index (χ1v) is 11.0. The first-order valence-electron chi connectivity index (χ1n) is 11.0. The molecule has 2 fully saturated rings. The number of carbonyl (C=O) groups excluding carboxylic acids is 1. The van der Waals surface area contributed by atoms with Crippen molar-refractivity contribution in [1.82, 2.24) is 14.7 Å². The van der Waals surface area contributed by atoms with E-state index in [4.69, 9.17) is 0 Å². The Morgan fingerprint density at radius 1 is 1.12 bits per heavy atom. The maximum absolute atomic E-state index is 12.7. The van der Waals surface area contributed by atoms with Crippen LogP contribution in [0.4, 0.5) is 0 Å². The summed E-state index contributed by atoms with van der Waals surface area (Å²) < 4.78 is 0. The van der Waals surface area contributed by atoms with E-state index < -0.39 is 0 Å². The molecule has 0 unspecified atom stereocenters. The van der Waals surface area contributed by atoms with Crippen LogP contribution >= 0.6 is 0 Å². The summed E-state index contributed by atoms with van der Waals surface area (Å²) in [5.41, 5.74) is 1.39. The first kappa shape index (κ1) is 19.9. The van der Waals surface area contributed by atoms with E-state index in [1.807, 2.05) is 0 Å². The zero-order valence-corrected chi connectivity index (χ0v) is 17.1. The lowest BCUT2D eigenvalue weighted by atomic mass is 9.92. The smallest absolute Gasteiger partial charge is 0.226 e. The normalized spacial score (nSPS) is 24.5. The molecule has 1 aliphatic carbocycles. The summed E-state index contributed by atoms with van der Waals surface area (Å²) >= 11 is 0. The number of allylic oxidation sites excluding steroid dienone is 1. The summed E-state index contributed by atoms with van der Waals surface area (Å²) in [6.07, 6.45) is 13.0. The molecule has 1 amide bonds. The molecule has 148 valence electrons. The van der Waals surface area contributed by atoms with Crippen LogP contribution in [0, 0.1) is 5.92 Å². The van der Waals surface area contributed by atoms with Gasteiger partial charge in [-0.05, 0) is 97.4 Å². The molecule has 2 heterocycles. The summed E-state index contributed by atoms with van der Waals surface area (Å²) in [6.45, 7) is 8.94. The molecule has 0 saturated carbocycles. The second kappa shape index (κ2) is 9.89. The molecule has 2 aliphatic heterocycles. The van der Waals surface area contributed by atoms with Crippen molar-refractivity contribution < 1.29 is 4.79 Å². The summed E-state index contributed by atoms with van der Waals surface area (Å²) in [4.78, 5) is 20.0. The van der Waals surface area contributed by atoms with Gasteiger partial charge in [0.25, 0.3) is 0 Å². The molecule has 0 atom stereocenters. The number of amides is 1. The molecule has 3 aliphatic rings. The van der Waals surface area contributed by atoms with Gasteiger partial charge in [-0.25, -0.2) is 0 Å². The highest BCUT2D eigenvalue weighted by molar-refractivity contribution is 5.78. The summed E-state index contributed by atoms with van der Waals surface area (Å²) in [6, 6.07) is 0.800. The molecule has 0 bridgehead atoms. The molecule has 26 heavy (non-hydrogen) atoms. The highest BCUT2D eigenvalue weighted by Crippen LogP contribution is 2.25. The fraction of sp³-hybridized carbons (Fsp3) is 0.864. The van der Waals surface area contributed by atoms with Crippen LogP contribution < -0.4 is 0 Å². The molecule has 2 saturated heterocycles. The van der Waals surface area contributed by atoms with Crippen LogP contribution in [-0.4, -0.2) is 73.0 Å². The van der Waals surface area contributed by atoms with Gasteiger partial charge in [0.05, 0.1) is 0 Å². The number of hydrogen-bond acceptors (Lipinski definition) is 3. The third-order valence-corrected chi connectivity index (χ3v) is 6.83. The minimum atomic E-state index is 0.360. The molecular formula is C22H39N3O. The Kier molecular flexibility index (Phi) is 7.56. The Morgan fingerprint density at radius 2 is 1.85 bits per heavy atom. The standard InChI is InChI=1S/C22H39N3O/c1-3-24(22(26)17-19-7-5-4-6-8-19)18-20-9-15-25(16-10-20)21-11-13-23(2)14-12-21/h7,20-21H,3-6,8-18H2,1-2H3. The van der Waals surface area contributed by atoms with Crippen molar-refractivity contribution >= 4 is 5.91 Å². The third kappa shape index (κ3) is 5.56. The highest BCUT2D eigenvalue weighted by atomic mass is 16.2. The molecule has 0 spiro atoms. The topological polar surface area (TPSA) is 26.8 Å². The van der Waals surface area contributed by atoms with Crippen molar-refractivity contribution in [2.75, 3.05) is 46.3 Å². The fourth-order valence-electron chi connectivity index (χ4n) is 4.95. The quantitative estimate of drug-likeness (QED) is 0.677. The van der Waals surface area contributed by atoms with Crippen LogP contribution in [0.2, 0.25) is 0 Å². The van der Waals surface area contributed by atoms with Crippen molar-refractivity contribution in [2.24, 2.45) is 5.92 Å². The number of hydrogen-bond donors (Lipinski definition) is 0. The Morgan fingerprint density at radius 3 is 2.46 bits per heavy atom. The van der Waals surface area contributed by atoms with Gasteiger partial charge in [0.2, 0.25) is 5.91 Å². The van der Waals surface area contributed by atoms with Crippen LogP contribution in [0.1, 0.15) is 64.7 Å². The summed E-state index contributed by atoms with van der Waals surface area (Å²) in [5, 5.41) is 0. The van der Waals surface area contributed by atoms with Gasteiger partial charge in [0.1, 0.15) is 0 Å². The highest BCUT2D eigenvalue weighted by Gasteiger charge is 2.28. The summed E-state index contributed by atoms with van der Waals surface area (Å²) in [7, 11) is 2.24. The largest absolute Gasteiger partial charge is 0.342 e. The van der Waals surface area contributed by atoms with Gasteiger partial charge >= 0.3 is 0 Å². The number of likely N-dealkylation sites (tertiary alicyclic amines) is 2. The lowest BCUT2D eigenvalue weighted by Gasteiger charge is -2.41. The first-order chi connectivity index (χ1) is 12.7. The second-order valence-electron chi connectivity index (χ2n) is 8.73. The average Bonchev–Trinajstić information content (AvgIpc) is 2.68. The van der Waals surface area contributed by atoms with E-state index in [-0.39, 0.29) is 0 Å². The van der Waals surface area contributed by atoms with E-state index in [2.05, 4.69) is 34.7 Å². The van der Waals surface area contributed by atoms with Gasteiger partial charge in [-0.1, -0.05) is 11.6 Å². The van der Waals surface area contributed by atoms with Gasteiger partial charge in [-0.3, -0.25) is 4.79 Å². The van der Waals surface area contributed by atoms with E-state index >= 15 is 0 Å². The lowest BCUT2D eigenvalue weighted by molar-refractivity contribution is -0.131. The molecule has 0 N–H and O–H groups in total. The Hall–Kier alpha value is -0.870. The number of piperidine rings is 2. The SMILES string of the molecule is CCN(CC1CCN(C2CCN(C)CC2)CC1)C(=O)CC1=CCCCC1. The maximum atomic E-state index is 12.7. The van der Waals surface area contributed by atoms with Crippen molar-refractivity contribution in [1.29, 1.82) is 0 Å². The monoisotopic (exact) mass is 361 g/mol. The number of carbonyl (C=O) groups is 1. The van der Waals surface area contributed by atoms with E-state index in [1.165, 1.54) is 76.7 Å². The van der Waals surface area contributed by atoms with E-state index in [9.17, 15) is 4.79 Å². The third-order valence-electron chi connectivity index (χ3n) is 6.83. The number of rotatable bonds is 6. The molecule has 0 aromatic rings. The predicted octanol–water partition coefficient (Wildman–Crippen LogP) is 3.53. The fourth-order valence-corrected chi connectivity index (χ4v) is 4.95. The molecular weight excluding hydrogens is 322 g/mol. The zero-order valence-electron chi connectivity index (χ0n) is 17.1. The van der Waals surface area contributed by atoms with Crippen molar-refractivity contribution in [3.05, 3.63) is 11.6 Å². The minimum absolute atomic E-state index is 0.360. The Balaban J connectivity index is 1.42.